The Morgan fingerprint density at radius 3 is 2.39 bits per heavy atom. The summed E-state index contributed by atoms with van der Waals surface area (Å²) in [5.74, 6) is 0. The molecule has 2 rings (SSSR count). The van der Waals surface area contributed by atoms with E-state index >= 15 is 0 Å². The highest BCUT2D eigenvalue weighted by molar-refractivity contribution is 9.10. The fourth-order valence-corrected chi connectivity index (χ4v) is 2.45. The maximum atomic E-state index is 5.20. The van der Waals surface area contributed by atoms with Crippen LogP contribution in [0.3, 0.4) is 0 Å². The van der Waals surface area contributed by atoms with Crippen LogP contribution in [0.2, 0.25) is 0 Å². The van der Waals surface area contributed by atoms with E-state index < -0.39 is 0 Å². The molecule has 2 aromatic rings. The molecule has 1 N–H and O–H groups in total. The summed E-state index contributed by atoms with van der Waals surface area (Å²) >= 11 is 3.61. The van der Waals surface area contributed by atoms with E-state index in [0.29, 0.717) is 0 Å². The first-order chi connectivity index (χ1) is 8.63. The van der Waals surface area contributed by atoms with Crippen molar-refractivity contribution in [2.45, 2.75) is 26.8 Å². The standard InChI is InChI=1S/C15H18BrNO/c1-4-17-15(12-5-6-18-9-12)13-7-10(2)14(16)11(3)8-13/h5-9,15,17H,4H2,1-3H3. The summed E-state index contributed by atoms with van der Waals surface area (Å²) < 4.78 is 6.39. The second kappa shape index (κ2) is 5.72. The highest BCUT2D eigenvalue weighted by Gasteiger charge is 2.15. The van der Waals surface area contributed by atoms with Crippen LogP contribution in [-0.4, -0.2) is 6.54 Å². The van der Waals surface area contributed by atoms with E-state index in [4.69, 9.17) is 4.42 Å². The lowest BCUT2D eigenvalue weighted by molar-refractivity contribution is 0.553. The molecule has 0 fully saturated rings. The lowest BCUT2D eigenvalue weighted by atomic mass is 9.97. The van der Waals surface area contributed by atoms with E-state index in [0.717, 1.165) is 12.1 Å². The molecule has 18 heavy (non-hydrogen) atoms. The first-order valence-electron chi connectivity index (χ1n) is 6.15. The van der Waals surface area contributed by atoms with Crippen molar-refractivity contribution in [3.63, 3.8) is 0 Å². The molecule has 0 saturated carbocycles. The normalized spacial score (nSPS) is 12.7. The molecule has 1 heterocycles. The Kier molecular flexibility index (Phi) is 4.25. The van der Waals surface area contributed by atoms with Crippen molar-refractivity contribution in [1.29, 1.82) is 0 Å². The van der Waals surface area contributed by atoms with Gasteiger partial charge in [0.1, 0.15) is 0 Å². The zero-order valence-corrected chi connectivity index (χ0v) is 12.5. The van der Waals surface area contributed by atoms with Crippen molar-refractivity contribution in [1.82, 2.24) is 5.32 Å². The van der Waals surface area contributed by atoms with E-state index in [1.807, 2.05) is 6.07 Å². The smallest absolute Gasteiger partial charge is 0.0953 e. The third kappa shape index (κ3) is 2.68. The SMILES string of the molecule is CCNC(c1ccoc1)c1cc(C)c(Br)c(C)c1. The number of halogens is 1. The monoisotopic (exact) mass is 307 g/mol. The first-order valence-corrected chi connectivity index (χ1v) is 6.95. The Hall–Kier alpha value is -1.06. The van der Waals surface area contributed by atoms with Gasteiger partial charge in [0, 0.05) is 10.0 Å². The maximum Gasteiger partial charge on any atom is 0.0953 e. The van der Waals surface area contributed by atoms with Gasteiger partial charge in [-0.15, -0.1) is 0 Å². The number of benzene rings is 1. The predicted octanol–water partition coefficient (Wildman–Crippen LogP) is 4.36. The molecule has 1 unspecified atom stereocenters. The largest absolute Gasteiger partial charge is 0.472 e. The van der Waals surface area contributed by atoms with Crippen molar-refractivity contribution in [2.24, 2.45) is 0 Å². The van der Waals surface area contributed by atoms with Crippen LogP contribution >= 0.6 is 15.9 Å². The van der Waals surface area contributed by atoms with Gasteiger partial charge in [0.25, 0.3) is 0 Å². The molecular weight excluding hydrogens is 290 g/mol. The summed E-state index contributed by atoms with van der Waals surface area (Å²) in [6, 6.07) is 6.65. The molecule has 1 atom stereocenters. The van der Waals surface area contributed by atoms with E-state index in [-0.39, 0.29) is 6.04 Å². The van der Waals surface area contributed by atoms with Crippen molar-refractivity contribution in [3.8, 4) is 0 Å². The molecule has 0 aliphatic heterocycles. The first kappa shape index (κ1) is 13.4. The number of rotatable bonds is 4. The van der Waals surface area contributed by atoms with Crippen LogP contribution in [0, 0.1) is 13.8 Å². The van der Waals surface area contributed by atoms with Gasteiger partial charge in [0.2, 0.25) is 0 Å². The van der Waals surface area contributed by atoms with Gasteiger partial charge in [-0.3, -0.25) is 0 Å². The van der Waals surface area contributed by atoms with E-state index in [1.54, 1.807) is 12.5 Å². The number of hydrogen-bond donors (Lipinski definition) is 1. The fourth-order valence-electron chi connectivity index (χ4n) is 2.22. The number of hydrogen-bond acceptors (Lipinski definition) is 2. The molecule has 0 spiro atoms. The lowest BCUT2D eigenvalue weighted by Crippen LogP contribution is -2.21. The summed E-state index contributed by atoms with van der Waals surface area (Å²) in [6.07, 6.45) is 3.53. The zero-order valence-electron chi connectivity index (χ0n) is 11.0. The van der Waals surface area contributed by atoms with Crippen LogP contribution in [0.25, 0.3) is 0 Å². The molecule has 0 saturated heterocycles. The van der Waals surface area contributed by atoms with Crippen molar-refractivity contribution in [3.05, 3.63) is 57.5 Å². The highest BCUT2D eigenvalue weighted by Crippen LogP contribution is 2.29. The predicted molar refractivity (Wildman–Crippen MR) is 77.8 cm³/mol. The van der Waals surface area contributed by atoms with E-state index in [1.165, 1.54) is 21.2 Å². The number of aryl methyl sites for hydroxylation is 2. The average Bonchev–Trinajstić information content (AvgIpc) is 2.86. The summed E-state index contributed by atoms with van der Waals surface area (Å²) in [4.78, 5) is 0. The topological polar surface area (TPSA) is 25.2 Å². The molecular formula is C15H18BrNO. The second-order valence-corrected chi connectivity index (χ2v) is 5.31. The molecule has 1 aromatic heterocycles. The van der Waals surface area contributed by atoms with Gasteiger partial charge >= 0.3 is 0 Å². The van der Waals surface area contributed by atoms with Gasteiger partial charge in [-0.2, -0.15) is 0 Å². The third-order valence-electron chi connectivity index (χ3n) is 3.08. The summed E-state index contributed by atoms with van der Waals surface area (Å²) in [7, 11) is 0. The summed E-state index contributed by atoms with van der Waals surface area (Å²) in [5, 5.41) is 3.50. The molecule has 2 nitrogen and oxygen atoms in total. The van der Waals surface area contributed by atoms with Gasteiger partial charge in [-0.1, -0.05) is 35.0 Å². The van der Waals surface area contributed by atoms with Gasteiger partial charge in [-0.05, 0) is 43.1 Å². The average molecular weight is 308 g/mol. The van der Waals surface area contributed by atoms with Gasteiger partial charge in [0.05, 0.1) is 18.6 Å². The highest BCUT2D eigenvalue weighted by atomic mass is 79.9. The van der Waals surface area contributed by atoms with Crippen LogP contribution in [0.5, 0.6) is 0 Å². The molecule has 96 valence electrons. The summed E-state index contributed by atoms with van der Waals surface area (Å²) in [5.41, 5.74) is 4.96. The minimum absolute atomic E-state index is 0.194. The van der Waals surface area contributed by atoms with Crippen molar-refractivity contribution < 1.29 is 4.42 Å². The second-order valence-electron chi connectivity index (χ2n) is 4.52. The van der Waals surface area contributed by atoms with Crippen molar-refractivity contribution in [2.75, 3.05) is 6.54 Å². The molecule has 1 aromatic carbocycles. The Bertz CT molecular complexity index is 496. The van der Waals surface area contributed by atoms with Crippen LogP contribution < -0.4 is 5.32 Å². The molecule has 0 amide bonds. The van der Waals surface area contributed by atoms with Crippen LogP contribution in [-0.2, 0) is 0 Å². The maximum absolute atomic E-state index is 5.20. The fraction of sp³-hybridized carbons (Fsp3) is 0.333. The minimum Gasteiger partial charge on any atom is -0.472 e. The molecule has 0 bridgehead atoms. The van der Waals surface area contributed by atoms with Crippen molar-refractivity contribution >= 4 is 15.9 Å². The Morgan fingerprint density at radius 1 is 1.22 bits per heavy atom. The minimum atomic E-state index is 0.194. The quantitative estimate of drug-likeness (QED) is 0.908. The number of nitrogens with one attached hydrogen (secondary N) is 1. The van der Waals surface area contributed by atoms with Gasteiger partial charge in [-0.25, -0.2) is 0 Å². The lowest BCUT2D eigenvalue weighted by Gasteiger charge is -2.19. The van der Waals surface area contributed by atoms with E-state index in [2.05, 4.69) is 54.2 Å². The molecule has 0 radical (unpaired) electrons. The Labute approximate surface area is 117 Å². The zero-order chi connectivity index (χ0) is 13.1. The van der Waals surface area contributed by atoms with Gasteiger partial charge in [0.15, 0.2) is 0 Å². The Balaban J connectivity index is 2.43. The molecule has 0 aliphatic rings. The van der Waals surface area contributed by atoms with Crippen LogP contribution in [0.1, 0.15) is 35.2 Å². The molecule has 3 heteroatoms. The Morgan fingerprint density at radius 2 is 1.89 bits per heavy atom. The van der Waals surface area contributed by atoms with Crippen LogP contribution in [0.15, 0.2) is 39.6 Å². The van der Waals surface area contributed by atoms with Gasteiger partial charge < -0.3 is 9.73 Å². The third-order valence-corrected chi connectivity index (χ3v) is 4.33. The number of furan rings is 1. The van der Waals surface area contributed by atoms with Crippen LogP contribution in [0.4, 0.5) is 0 Å². The molecule has 0 aliphatic carbocycles. The van der Waals surface area contributed by atoms with E-state index in [9.17, 15) is 0 Å². The summed E-state index contributed by atoms with van der Waals surface area (Å²) in [6.45, 7) is 7.29.